The van der Waals surface area contributed by atoms with Crippen molar-refractivity contribution in [1.82, 2.24) is 15.0 Å². The van der Waals surface area contributed by atoms with Gasteiger partial charge in [0, 0.05) is 24.2 Å². The minimum Gasteiger partial charge on any atom is -0.481 e. The van der Waals surface area contributed by atoms with E-state index in [4.69, 9.17) is 9.84 Å². The Morgan fingerprint density at radius 1 is 1.24 bits per heavy atom. The molecule has 34 heavy (non-hydrogen) atoms. The van der Waals surface area contributed by atoms with Gasteiger partial charge >= 0.3 is 5.97 Å². The van der Waals surface area contributed by atoms with Gasteiger partial charge in [0.25, 0.3) is 0 Å². The van der Waals surface area contributed by atoms with Crippen LogP contribution >= 0.6 is 0 Å². The van der Waals surface area contributed by atoms with Crippen molar-refractivity contribution in [2.24, 2.45) is 5.92 Å². The summed E-state index contributed by atoms with van der Waals surface area (Å²) in [5.41, 5.74) is 3.33. The monoisotopic (exact) mass is 461 g/mol. The highest BCUT2D eigenvalue weighted by Gasteiger charge is 2.24. The van der Waals surface area contributed by atoms with Crippen LogP contribution in [0.4, 0.5) is 4.39 Å². The maximum absolute atomic E-state index is 15.0. The lowest BCUT2D eigenvalue weighted by molar-refractivity contribution is -0.138. The quantitative estimate of drug-likeness (QED) is 0.407. The lowest BCUT2D eigenvalue weighted by Crippen LogP contribution is -2.25. The maximum atomic E-state index is 15.0. The zero-order valence-electron chi connectivity index (χ0n) is 19.1. The standard InChI is InChI=1S/C27H28FN3O3/c1-3-5-24-23(4-2)30-27(31-24)21-12-8-18(15-22(21)28)19-9-13-25(29-16-19)34-20-10-6-17(7-11-20)14-26(32)33/h3-5,8-9,12-13,15-17,20H,2,6-7,10-11,14H2,1H3,(H,30,31)(H,32,33)/b5-3-. The van der Waals surface area contributed by atoms with Crippen LogP contribution in [0.3, 0.4) is 0 Å². The molecule has 0 saturated heterocycles. The number of aromatic nitrogens is 3. The first-order chi connectivity index (χ1) is 16.5. The molecule has 1 aromatic carbocycles. The Morgan fingerprint density at radius 3 is 2.62 bits per heavy atom. The van der Waals surface area contributed by atoms with E-state index in [1.54, 1.807) is 24.4 Å². The molecule has 2 aromatic heterocycles. The van der Waals surface area contributed by atoms with Crippen molar-refractivity contribution in [2.45, 2.75) is 45.1 Å². The Kier molecular flexibility index (Phi) is 7.21. The third-order valence-electron chi connectivity index (χ3n) is 6.13. The summed E-state index contributed by atoms with van der Waals surface area (Å²) in [5.74, 6) is 0.0749. The van der Waals surface area contributed by atoms with E-state index < -0.39 is 5.97 Å². The Hall–Kier alpha value is -3.74. The van der Waals surface area contributed by atoms with Gasteiger partial charge in [0.2, 0.25) is 5.88 Å². The number of nitrogens with zero attached hydrogens (tertiary/aromatic N) is 2. The molecule has 0 spiro atoms. The number of rotatable bonds is 8. The zero-order chi connectivity index (χ0) is 24.1. The van der Waals surface area contributed by atoms with E-state index in [-0.39, 0.29) is 24.3 Å². The van der Waals surface area contributed by atoms with Gasteiger partial charge in [-0.1, -0.05) is 18.7 Å². The molecule has 2 N–H and O–H groups in total. The molecule has 1 aliphatic rings. The van der Waals surface area contributed by atoms with E-state index in [1.165, 1.54) is 6.07 Å². The Balaban J connectivity index is 1.43. The number of carbonyl (C=O) groups is 1. The Labute approximate surface area is 198 Å². The summed E-state index contributed by atoms with van der Waals surface area (Å²) in [6.07, 6.45) is 10.7. The molecule has 0 atom stereocenters. The van der Waals surface area contributed by atoms with Crippen molar-refractivity contribution < 1.29 is 19.0 Å². The lowest BCUT2D eigenvalue weighted by Gasteiger charge is -2.27. The maximum Gasteiger partial charge on any atom is 0.303 e. The van der Waals surface area contributed by atoms with Crippen molar-refractivity contribution in [3.05, 3.63) is 66.4 Å². The van der Waals surface area contributed by atoms with Crippen LogP contribution in [0.15, 0.2) is 49.2 Å². The lowest BCUT2D eigenvalue weighted by atomic mass is 9.85. The first-order valence-corrected chi connectivity index (χ1v) is 11.5. The van der Waals surface area contributed by atoms with Gasteiger partial charge in [-0.15, -0.1) is 0 Å². The number of aromatic amines is 1. The van der Waals surface area contributed by atoms with Crippen molar-refractivity contribution in [2.75, 3.05) is 0 Å². The molecule has 0 radical (unpaired) electrons. The van der Waals surface area contributed by atoms with Gasteiger partial charge in [-0.25, -0.2) is 14.4 Å². The van der Waals surface area contributed by atoms with Gasteiger partial charge < -0.3 is 14.8 Å². The van der Waals surface area contributed by atoms with Gasteiger partial charge in [0.15, 0.2) is 0 Å². The fourth-order valence-corrected chi connectivity index (χ4v) is 4.36. The molecule has 1 fully saturated rings. The number of pyridine rings is 1. The highest BCUT2D eigenvalue weighted by Crippen LogP contribution is 2.31. The second-order valence-corrected chi connectivity index (χ2v) is 8.53. The largest absolute Gasteiger partial charge is 0.481 e. The third-order valence-corrected chi connectivity index (χ3v) is 6.13. The van der Waals surface area contributed by atoms with Crippen LogP contribution in [-0.2, 0) is 4.79 Å². The van der Waals surface area contributed by atoms with E-state index in [1.807, 2.05) is 31.2 Å². The molecular formula is C27H28FN3O3. The molecule has 7 heteroatoms. The number of halogens is 1. The minimum absolute atomic E-state index is 0.0429. The SMILES string of the molecule is C=Cc1nc(-c2ccc(-c3ccc(OC4CCC(CC(=O)O)CC4)nc3)cc2F)[nH]c1/C=C\C. The number of imidazole rings is 1. The molecular weight excluding hydrogens is 433 g/mol. The average Bonchev–Trinajstić information content (AvgIpc) is 3.23. The summed E-state index contributed by atoms with van der Waals surface area (Å²) >= 11 is 0. The summed E-state index contributed by atoms with van der Waals surface area (Å²) in [6, 6.07) is 8.67. The Morgan fingerprint density at radius 2 is 2.00 bits per heavy atom. The number of carboxylic acid groups (broad SMARTS) is 1. The second-order valence-electron chi connectivity index (χ2n) is 8.53. The van der Waals surface area contributed by atoms with Crippen LogP contribution in [0.25, 0.3) is 34.7 Å². The smallest absolute Gasteiger partial charge is 0.303 e. The molecule has 176 valence electrons. The topological polar surface area (TPSA) is 88.1 Å². The van der Waals surface area contributed by atoms with E-state index in [0.717, 1.165) is 36.9 Å². The van der Waals surface area contributed by atoms with E-state index in [0.29, 0.717) is 28.5 Å². The van der Waals surface area contributed by atoms with Crippen LogP contribution in [0.1, 0.15) is 50.4 Å². The first-order valence-electron chi connectivity index (χ1n) is 11.5. The van der Waals surface area contributed by atoms with Gasteiger partial charge in [-0.3, -0.25) is 4.79 Å². The van der Waals surface area contributed by atoms with Gasteiger partial charge in [-0.05, 0) is 74.4 Å². The van der Waals surface area contributed by atoms with Gasteiger partial charge in [-0.2, -0.15) is 0 Å². The molecule has 0 amide bonds. The number of nitrogens with one attached hydrogen (secondary N) is 1. The molecule has 2 heterocycles. The minimum atomic E-state index is -0.741. The fourth-order valence-electron chi connectivity index (χ4n) is 4.36. The van der Waals surface area contributed by atoms with Crippen molar-refractivity contribution >= 4 is 18.1 Å². The predicted molar refractivity (Wildman–Crippen MR) is 131 cm³/mol. The van der Waals surface area contributed by atoms with Crippen molar-refractivity contribution in [3.63, 3.8) is 0 Å². The number of carboxylic acids is 1. The summed E-state index contributed by atoms with van der Waals surface area (Å²) in [5, 5.41) is 8.94. The van der Waals surface area contributed by atoms with Crippen LogP contribution in [0, 0.1) is 11.7 Å². The van der Waals surface area contributed by atoms with Crippen LogP contribution in [0.5, 0.6) is 5.88 Å². The van der Waals surface area contributed by atoms with E-state index in [9.17, 15) is 9.18 Å². The number of hydrogen-bond donors (Lipinski definition) is 2. The number of benzene rings is 1. The van der Waals surface area contributed by atoms with Gasteiger partial charge in [0.05, 0.1) is 17.0 Å². The molecule has 1 saturated carbocycles. The van der Waals surface area contributed by atoms with E-state index >= 15 is 0 Å². The van der Waals surface area contributed by atoms with Crippen LogP contribution in [0.2, 0.25) is 0 Å². The van der Waals surface area contributed by atoms with Crippen molar-refractivity contribution in [3.8, 4) is 28.4 Å². The van der Waals surface area contributed by atoms with Crippen LogP contribution < -0.4 is 4.74 Å². The molecule has 4 rings (SSSR count). The molecule has 0 unspecified atom stereocenters. The highest BCUT2D eigenvalue weighted by molar-refractivity contribution is 5.70. The third kappa shape index (κ3) is 5.42. The number of aliphatic carboxylic acids is 1. The predicted octanol–water partition coefficient (Wildman–Crippen LogP) is 6.37. The second kappa shape index (κ2) is 10.5. The van der Waals surface area contributed by atoms with E-state index in [2.05, 4.69) is 21.5 Å². The molecule has 1 aliphatic carbocycles. The summed E-state index contributed by atoms with van der Waals surface area (Å²) in [4.78, 5) is 22.9. The normalized spacial score (nSPS) is 18.2. The molecule has 0 aliphatic heterocycles. The number of ether oxygens (including phenoxy) is 1. The summed E-state index contributed by atoms with van der Waals surface area (Å²) < 4.78 is 21.0. The Bertz CT molecular complexity index is 1190. The molecule has 0 bridgehead atoms. The molecule has 6 nitrogen and oxygen atoms in total. The first kappa shape index (κ1) is 23.4. The summed E-state index contributed by atoms with van der Waals surface area (Å²) in [6.45, 7) is 5.67. The number of H-pyrrole nitrogens is 1. The number of allylic oxidation sites excluding steroid dienone is 1. The zero-order valence-corrected chi connectivity index (χ0v) is 19.1. The van der Waals surface area contributed by atoms with Crippen LogP contribution in [-0.4, -0.2) is 32.1 Å². The average molecular weight is 462 g/mol. The highest BCUT2D eigenvalue weighted by atomic mass is 19.1. The van der Waals surface area contributed by atoms with Crippen molar-refractivity contribution in [1.29, 1.82) is 0 Å². The van der Waals surface area contributed by atoms with Gasteiger partial charge in [0.1, 0.15) is 17.7 Å². The number of hydrogen-bond acceptors (Lipinski definition) is 4. The summed E-state index contributed by atoms with van der Waals surface area (Å²) in [7, 11) is 0. The molecule has 3 aromatic rings. The fraction of sp³-hybridized carbons (Fsp3) is 0.296.